The highest BCUT2D eigenvalue weighted by Gasteiger charge is 2.30. The van der Waals surface area contributed by atoms with Crippen LogP contribution in [0.25, 0.3) is 16.6 Å². The molecule has 0 bridgehead atoms. The van der Waals surface area contributed by atoms with Gasteiger partial charge in [0.15, 0.2) is 5.82 Å². The van der Waals surface area contributed by atoms with Crippen molar-refractivity contribution in [3.05, 3.63) is 69.3 Å². The maximum Gasteiger partial charge on any atom is 0.266 e. The third kappa shape index (κ3) is 1.88. The van der Waals surface area contributed by atoms with Crippen LogP contribution in [-0.4, -0.2) is 15.3 Å². The van der Waals surface area contributed by atoms with E-state index in [1.165, 1.54) is 4.57 Å². The van der Waals surface area contributed by atoms with Crippen molar-refractivity contribution in [2.24, 2.45) is 0 Å². The number of carbonyl (C=O) groups is 1. The van der Waals surface area contributed by atoms with Gasteiger partial charge in [-0.3, -0.25) is 14.2 Å². The summed E-state index contributed by atoms with van der Waals surface area (Å²) >= 11 is 0. The van der Waals surface area contributed by atoms with Crippen molar-refractivity contribution in [1.82, 2.24) is 9.55 Å². The van der Waals surface area contributed by atoms with E-state index in [0.29, 0.717) is 22.2 Å². The van der Waals surface area contributed by atoms with Gasteiger partial charge in [0.1, 0.15) is 0 Å². The van der Waals surface area contributed by atoms with Gasteiger partial charge in [0.05, 0.1) is 22.2 Å². The van der Waals surface area contributed by atoms with E-state index in [4.69, 9.17) is 0 Å². The zero-order valence-corrected chi connectivity index (χ0v) is 13.1. The van der Waals surface area contributed by atoms with Crippen LogP contribution >= 0.6 is 0 Å². The Morgan fingerprint density at radius 1 is 0.957 bits per heavy atom. The monoisotopic (exact) mass is 304 g/mol. The SMILES string of the molecule is CCc1ccc2c(c1)C(=O)c1nc3ccc(CC)cc3c(=O)n1-2. The molecule has 1 aromatic heterocycles. The number of nitrogens with zero attached hydrogens (tertiary/aromatic N) is 2. The number of ketones is 1. The van der Waals surface area contributed by atoms with Crippen molar-refractivity contribution in [3.63, 3.8) is 0 Å². The van der Waals surface area contributed by atoms with Crippen LogP contribution in [-0.2, 0) is 12.8 Å². The molecule has 0 saturated carbocycles. The topological polar surface area (TPSA) is 52.0 Å². The van der Waals surface area contributed by atoms with Gasteiger partial charge in [-0.2, -0.15) is 0 Å². The highest BCUT2D eigenvalue weighted by Crippen LogP contribution is 2.27. The Bertz CT molecular complexity index is 1030. The number of hydrogen-bond donors (Lipinski definition) is 0. The molecule has 3 aromatic rings. The van der Waals surface area contributed by atoms with Crippen molar-refractivity contribution in [2.75, 3.05) is 0 Å². The lowest BCUT2D eigenvalue weighted by molar-refractivity contribution is 0.103. The van der Waals surface area contributed by atoms with Crippen LogP contribution in [0.1, 0.15) is 41.2 Å². The largest absolute Gasteiger partial charge is 0.285 e. The van der Waals surface area contributed by atoms with Crippen LogP contribution in [0.3, 0.4) is 0 Å². The molecule has 1 aliphatic rings. The van der Waals surface area contributed by atoms with Crippen molar-refractivity contribution in [1.29, 1.82) is 0 Å². The van der Waals surface area contributed by atoms with Crippen LogP contribution in [0.2, 0.25) is 0 Å². The molecule has 2 aromatic carbocycles. The minimum atomic E-state index is -0.172. The second-order valence-electron chi connectivity index (χ2n) is 5.82. The summed E-state index contributed by atoms with van der Waals surface area (Å²) in [6.45, 7) is 4.09. The lowest BCUT2D eigenvalue weighted by atomic mass is 10.1. The number of benzene rings is 2. The lowest BCUT2D eigenvalue weighted by Crippen LogP contribution is -2.21. The fraction of sp³-hybridized carbons (Fsp3) is 0.211. The molecule has 0 fully saturated rings. The van der Waals surface area contributed by atoms with Gasteiger partial charge in [-0.25, -0.2) is 4.98 Å². The number of fused-ring (bicyclic) bond motifs is 4. The van der Waals surface area contributed by atoms with E-state index in [1.807, 2.05) is 50.2 Å². The summed E-state index contributed by atoms with van der Waals surface area (Å²) in [5.74, 6) is 0.0452. The third-order valence-corrected chi connectivity index (χ3v) is 4.50. The molecule has 114 valence electrons. The Balaban J connectivity index is 2.08. The summed E-state index contributed by atoms with van der Waals surface area (Å²) in [7, 11) is 0. The maximum absolute atomic E-state index is 12.9. The van der Waals surface area contributed by atoms with Gasteiger partial charge in [0.25, 0.3) is 5.56 Å². The number of aryl methyl sites for hydroxylation is 2. The predicted molar refractivity (Wildman–Crippen MR) is 89.5 cm³/mol. The zero-order chi connectivity index (χ0) is 16.1. The first-order valence-electron chi connectivity index (χ1n) is 7.87. The van der Waals surface area contributed by atoms with Crippen molar-refractivity contribution in [3.8, 4) is 5.69 Å². The van der Waals surface area contributed by atoms with E-state index >= 15 is 0 Å². The first kappa shape index (κ1) is 13.9. The van der Waals surface area contributed by atoms with Crippen LogP contribution < -0.4 is 5.56 Å². The molecular formula is C19H16N2O2. The van der Waals surface area contributed by atoms with E-state index in [1.54, 1.807) is 0 Å². The molecule has 0 amide bonds. The molecule has 0 saturated heterocycles. The molecule has 23 heavy (non-hydrogen) atoms. The minimum Gasteiger partial charge on any atom is -0.285 e. The fourth-order valence-electron chi connectivity index (χ4n) is 3.13. The summed E-state index contributed by atoms with van der Waals surface area (Å²) in [6.07, 6.45) is 1.70. The molecule has 4 nitrogen and oxygen atoms in total. The molecule has 0 spiro atoms. The van der Waals surface area contributed by atoms with Gasteiger partial charge in [-0.15, -0.1) is 0 Å². The van der Waals surface area contributed by atoms with Gasteiger partial charge in [0, 0.05) is 0 Å². The lowest BCUT2D eigenvalue weighted by Gasteiger charge is -2.07. The average molecular weight is 304 g/mol. The second-order valence-corrected chi connectivity index (χ2v) is 5.82. The third-order valence-electron chi connectivity index (χ3n) is 4.50. The maximum atomic E-state index is 12.9. The molecule has 4 rings (SSSR count). The summed E-state index contributed by atoms with van der Waals surface area (Å²) in [6, 6.07) is 11.3. The fourth-order valence-corrected chi connectivity index (χ4v) is 3.13. The van der Waals surface area contributed by atoms with Gasteiger partial charge < -0.3 is 0 Å². The number of aromatic nitrogens is 2. The van der Waals surface area contributed by atoms with Crippen LogP contribution in [0.15, 0.2) is 41.2 Å². The number of carbonyl (C=O) groups excluding carboxylic acids is 1. The standard InChI is InChI=1S/C19H16N2O2/c1-3-11-5-7-15-13(9-11)19(23)21-16-8-6-12(4-2)10-14(16)17(22)18(21)20-15/h5-10H,3-4H2,1-2H3. The summed E-state index contributed by atoms with van der Waals surface area (Å²) < 4.78 is 1.46. The Morgan fingerprint density at radius 3 is 2.39 bits per heavy atom. The van der Waals surface area contributed by atoms with Crippen molar-refractivity contribution >= 4 is 16.7 Å². The molecule has 0 unspecified atom stereocenters. The molecule has 2 heterocycles. The second kappa shape index (κ2) is 4.88. The molecule has 4 heteroatoms. The zero-order valence-electron chi connectivity index (χ0n) is 13.1. The smallest absolute Gasteiger partial charge is 0.266 e. The molecule has 1 aliphatic heterocycles. The molecule has 0 atom stereocenters. The van der Waals surface area contributed by atoms with E-state index in [0.717, 1.165) is 24.0 Å². The minimum absolute atomic E-state index is 0.170. The number of rotatable bonds is 2. The van der Waals surface area contributed by atoms with E-state index in [9.17, 15) is 9.59 Å². The quantitative estimate of drug-likeness (QED) is 0.572. The van der Waals surface area contributed by atoms with E-state index < -0.39 is 0 Å². The molecule has 0 radical (unpaired) electrons. The van der Waals surface area contributed by atoms with Crippen LogP contribution in [0.4, 0.5) is 0 Å². The Hall–Kier alpha value is -2.75. The Labute approximate surface area is 133 Å². The highest BCUT2D eigenvalue weighted by molar-refractivity contribution is 6.13. The summed E-state index contributed by atoms with van der Waals surface area (Å²) in [5.41, 5.74) is 3.79. The van der Waals surface area contributed by atoms with E-state index in [2.05, 4.69) is 4.98 Å². The predicted octanol–water partition coefficient (Wildman–Crippen LogP) is 3.05. The molecule has 0 aliphatic carbocycles. The van der Waals surface area contributed by atoms with Crippen molar-refractivity contribution in [2.45, 2.75) is 26.7 Å². The first-order chi connectivity index (χ1) is 11.1. The average Bonchev–Trinajstić information content (AvgIpc) is 2.87. The van der Waals surface area contributed by atoms with Gasteiger partial charge in [-0.1, -0.05) is 26.0 Å². The highest BCUT2D eigenvalue weighted by atomic mass is 16.1. The van der Waals surface area contributed by atoms with Gasteiger partial charge >= 0.3 is 0 Å². The summed E-state index contributed by atoms with van der Waals surface area (Å²) in [4.78, 5) is 30.0. The van der Waals surface area contributed by atoms with Gasteiger partial charge in [-0.05, 0) is 48.2 Å². The van der Waals surface area contributed by atoms with E-state index in [-0.39, 0.29) is 17.2 Å². The van der Waals surface area contributed by atoms with Crippen LogP contribution in [0, 0.1) is 0 Å². The summed E-state index contributed by atoms with van der Waals surface area (Å²) in [5, 5.41) is 0.563. The number of hydrogen-bond acceptors (Lipinski definition) is 3. The van der Waals surface area contributed by atoms with Gasteiger partial charge in [0.2, 0.25) is 5.78 Å². The van der Waals surface area contributed by atoms with Crippen LogP contribution in [0.5, 0.6) is 0 Å². The Morgan fingerprint density at radius 2 is 1.65 bits per heavy atom. The molecular weight excluding hydrogens is 288 g/mol. The normalized spacial score (nSPS) is 12.5. The molecule has 0 N–H and O–H groups in total. The first-order valence-corrected chi connectivity index (χ1v) is 7.87. The Kier molecular flexibility index (Phi) is 2.94. The van der Waals surface area contributed by atoms with Crippen molar-refractivity contribution < 1.29 is 4.79 Å².